The van der Waals surface area contributed by atoms with Gasteiger partial charge in [0.05, 0.1) is 5.60 Å². The van der Waals surface area contributed by atoms with Crippen molar-refractivity contribution in [3.05, 3.63) is 0 Å². The maximum absolute atomic E-state index is 11.6. The van der Waals surface area contributed by atoms with Crippen LogP contribution in [0.2, 0.25) is 0 Å². The molecule has 1 heterocycles. The molecule has 1 aliphatic heterocycles. The molecule has 0 aromatic heterocycles. The number of nitrogens with zero attached hydrogens (tertiary/aromatic N) is 1. The summed E-state index contributed by atoms with van der Waals surface area (Å²) in [6.07, 6.45) is 0.478. The zero-order chi connectivity index (χ0) is 13.1. The lowest BCUT2D eigenvalue weighted by molar-refractivity contribution is -0.156. The molecule has 1 rings (SSSR count). The highest BCUT2D eigenvalue weighted by Gasteiger charge is 2.44. The Morgan fingerprint density at radius 1 is 1.35 bits per heavy atom. The molecular weight excluding hydrogens is 220 g/mol. The Bertz CT molecular complexity index is 275. The summed E-state index contributed by atoms with van der Waals surface area (Å²) >= 11 is 0. The highest BCUT2D eigenvalue weighted by Crippen LogP contribution is 2.29. The summed E-state index contributed by atoms with van der Waals surface area (Å²) in [5.41, 5.74) is -1.29. The third kappa shape index (κ3) is 3.40. The van der Waals surface area contributed by atoms with Gasteiger partial charge in [0, 0.05) is 39.7 Å². The summed E-state index contributed by atoms with van der Waals surface area (Å²) in [4.78, 5) is 13.6. The van der Waals surface area contributed by atoms with Gasteiger partial charge in [-0.05, 0) is 20.8 Å². The van der Waals surface area contributed by atoms with Gasteiger partial charge in [-0.25, -0.2) is 0 Å². The summed E-state index contributed by atoms with van der Waals surface area (Å²) in [6, 6.07) is 0. The Morgan fingerprint density at radius 3 is 2.29 bits per heavy atom. The Morgan fingerprint density at radius 2 is 1.88 bits per heavy atom. The number of methoxy groups -OCH3 is 1. The molecule has 1 atom stereocenters. The van der Waals surface area contributed by atoms with Gasteiger partial charge >= 0.3 is 5.97 Å². The van der Waals surface area contributed by atoms with Crippen molar-refractivity contribution in [1.82, 2.24) is 10.2 Å². The van der Waals surface area contributed by atoms with Gasteiger partial charge < -0.3 is 15.2 Å². The fraction of sp³-hybridized carbons (Fsp3) is 0.917. The van der Waals surface area contributed by atoms with E-state index in [9.17, 15) is 9.90 Å². The predicted octanol–water partition coefficient (Wildman–Crippen LogP) is 0.550. The number of carboxylic acid groups (broad SMARTS) is 1. The van der Waals surface area contributed by atoms with Crippen LogP contribution < -0.4 is 5.32 Å². The van der Waals surface area contributed by atoms with Gasteiger partial charge in [0.25, 0.3) is 0 Å². The van der Waals surface area contributed by atoms with E-state index in [-0.39, 0.29) is 0 Å². The number of hydrogen-bond donors (Lipinski definition) is 2. The smallest absolute Gasteiger partial charge is 0.323 e. The molecule has 1 fully saturated rings. The van der Waals surface area contributed by atoms with Crippen LogP contribution in [0.3, 0.4) is 0 Å². The lowest BCUT2D eigenvalue weighted by Crippen LogP contribution is -2.60. The first-order valence-corrected chi connectivity index (χ1v) is 6.06. The molecule has 0 bridgehead atoms. The second-order valence-corrected chi connectivity index (χ2v) is 5.46. The van der Waals surface area contributed by atoms with Crippen molar-refractivity contribution in [2.75, 3.05) is 33.3 Å². The quantitative estimate of drug-likeness (QED) is 0.739. The highest BCUT2D eigenvalue weighted by atomic mass is 16.5. The molecule has 2 N–H and O–H groups in total. The summed E-state index contributed by atoms with van der Waals surface area (Å²) in [7, 11) is 1.63. The van der Waals surface area contributed by atoms with Crippen LogP contribution in [0.5, 0.6) is 0 Å². The van der Waals surface area contributed by atoms with E-state index < -0.39 is 17.1 Å². The van der Waals surface area contributed by atoms with E-state index >= 15 is 0 Å². The molecular formula is C12H24N2O3. The Kier molecular flexibility index (Phi) is 4.52. The number of ether oxygens (including phenoxy) is 1. The van der Waals surface area contributed by atoms with E-state index in [1.807, 2.05) is 18.7 Å². The van der Waals surface area contributed by atoms with E-state index in [1.165, 1.54) is 0 Å². The number of aliphatic carboxylic acids is 1. The number of rotatable bonds is 5. The zero-order valence-electron chi connectivity index (χ0n) is 11.2. The van der Waals surface area contributed by atoms with Crippen molar-refractivity contribution in [2.24, 2.45) is 0 Å². The summed E-state index contributed by atoms with van der Waals surface area (Å²) in [5, 5.41) is 12.8. The maximum Gasteiger partial charge on any atom is 0.323 e. The van der Waals surface area contributed by atoms with Crippen molar-refractivity contribution in [3.63, 3.8) is 0 Å². The largest absolute Gasteiger partial charge is 0.480 e. The molecule has 0 amide bonds. The Balaban J connectivity index is 2.84. The molecule has 5 heteroatoms. The predicted molar refractivity (Wildman–Crippen MR) is 66.2 cm³/mol. The van der Waals surface area contributed by atoms with Gasteiger partial charge in [-0.1, -0.05) is 0 Å². The number of hydrogen-bond acceptors (Lipinski definition) is 4. The van der Waals surface area contributed by atoms with E-state index in [2.05, 4.69) is 5.32 Å². The van der Waals surface area contributed by atoms with E-state index in [0.29, 0.717) is 6.42 Å². The first-order chi connectivity index (χ1) is 7.82. The second kappa shape index (κ2) is 5.33. The summed E-state index contributed by atoms with van der Waals surface area (Å²) in [6.45, 7) is 8.87. The molecule has 0 aliphatic carbocycles. The van der Waals surface area contributed by atoms with E-state index in [4.69, 9.17) is 4.74 Å². The topological polar surface area (TPSA) is 61.8 Å². The molecule has 0 spiro atoms. The Labute approximate surface area is 103 Å². The highest BCUT2D eigenvalue weighted by molar-refractivity contribution is 5.78. The second-order valence-electron chi connectivity index (χ2n) is 5.46. The van der Waals surface area contributed by atoms with Crippen molar-refractivity contribution < 1.29 is 14.6 Å². The first kappa shape index (κ1) is 14.4. The van der Waals surface area contributed by atoms with E-state index in [1.54, 1.807) is 14.0 Å². The van der Waals surface area contributed by atoms with Gasteiger partial charge in [0.15, 0.2) is 0 Å². The standard InChI is InChI=1S/C12H24N2O3/c1-11(2,17-4)9-12(3,10(15)16)14-7-5-13-6-8-14/h13H,5-9H2,1-4H3,(H,15,16). The minimum Gasteiger partial charge on any atom is -0.480 e. The molecule has 100 valence electrons. The molecule has 0 aromatic rings. The third-order valence-electron chi connectivity index (χ3n) is 3.60. The van der Waals surface area contributed by atoms with Gasteiger partial charge in [0.2, 0.25) is 0 Å². The van der Waals surface area contributed by atoms with Crippen LogP contribution in [-0.2, 0) is 9.53 Å². The molecule has 0 saturated carbocycles. The van der Waals surface area contributed by atoms with Crippen LogP contribution in [0.1, 0.15) is 27.2 Å². The average Bonchev–Trinajstić information content (AvgIpc) is 2.29. The maximum atomic E-state index is 11.6. The minimum atomic E-state index is -0.860. The third-order valence-corrected chi connectivity index (χ3v) is 3.60. The number of carboxylic acids is 1. The molecule has 1 unspecified atom stereocenters. The first-order valence-electron chi connectivity index (χ1n) is 6.06. The van der Waals surface area contributed by atoms with Crippen molar-refractivity contribution in [1.29, 1.82) is 0 Å². The fourth-order valence-electron chi connectivity index (χ4n) is 2.38. The van der Waals surface area contributed by atoms with E-state index in [0.717, 1.165) is 26.2 Å². The number of piperazine rings is 1. The van der Waals surface area contributed by atoms with Crippen molar-refractivity contribution in [2.45, 2.75) is 38.3 Å². The van der Waals surface area contributed by atoms with Gasteiger partial charge in [0.1, 0.15) is 5.54 Å². The summed E-state index contributed by atoms with van der Waals surface area (Å²) < 4.78 is 5.37. The van der Waals surface area contributed by atoms with Crippen LogP contribution in [0, 0.1) is 0 Å². The number of carbonyl (C=O) groups is 1. The van der Waals surface area contributed by atoms with Gasteiger partial charge in [-0.15, -0.1) is 0 Å². The molecule has 1 saturated heterocycles. The summed E-state index contributed by atoms with van der Waals surface area (Å²) in [5.74, 6) is -0.774. The van der Waals surface area contributed by atoms with Crippen molar-refractivity contribution >= 4 is 5.97 Å². The average molecular weight is 244 g/mol. The Hall–Kier alpha value is -0.650. The van der Waals surface area contributed by atoms with Crippen molar-refractivity contribution in [3.8, 4) is 0 Å². The van der Waals surface area contributed by atoms with Gasteiger partial charge in [-0.3, -0.25) is 9.69 Å². The lowest BCUT2D eigenvalue weighted by Gasteiger charge is -2.43. The molecule has 17 heavy (non-hydrogen) atoms. The van der Waals surface area contributed by atoms with Crippen LogP contribution in [0.4, 0.5) is 0 Å². The molecule has 0 aromatic carbocycles. The van der Waals surface area contributed by atoms with Crippen LogP contribution in [-0.4, -0.2) is 60.4 Å². The SMILES string of the molecule is COC(C)(C)CC(C)(C(=O)O)N1CCNCC1. The minimum absolute atomic E-state index is 0.433. The normalized spacial score (nSPS) is 22.1. The molecule has 0 radical (unpaired) electrons. The lowest BCUT2D eigenvalue weighted by atomic mass is 9.85. The van der Waals surface area contributed by atoms with Crippen LogP contribution in [0.25, 0.3) is 0 Å². The zero-order valence-corrected chi connectivity index (χ0v) is 11.2. The van der Waals surface area contributed by atoms with Crippen LogP contribution in [0.15, 0.2) is 0 Å². The number of nitrogens with one attached hydrogen (secondary N) is 1. The fourth-order valence-corrected chi connectivity index (χ4v) is 2.38. The molecule has 5 nitrogen and oxygen atoms in total. The molecule has 1 aliphatic rings. The van der Waals surface area contributed by atoms with Crippen LogP contribution >= 0.6 is 0 Å². The van der Waals surface area contributed by atoms with Gasteiger partial charge in [-0.2, -0.15) is 0 Å². The monoisotopic (exact) mass is 244 g/mol.